The molecule has 31 heavy (non-hydrogen) atoms. The minimum Gasteiger partial charge on any atom is -0.387 e. The molecule has 1 N–H and O–H groups in total. The highest BCUT2D eigenvalue weighted by atomic mass is 31.2. The summed E-state index contributed by atoms with van der Waals surface area (Å²) in [4.78, 5) is 25.2. The average molecular weight is 463 g/mol. The Morgan fingerprint density at radius 3 is 2.23 bits per heavy atom. The molecule has 0 unspecified atom stereocenters. The number of Topliss-reactive ketones (excluding diaryl/α,β-unsaturated/α-hetero) is 1. The van der Waals surface area contributed by atoms with Gasteiger partial charge < -0.3 is 28.4 Å². The Balaban J connectivity index is 3.21. The monoisotopic (exact) mass is 463 g/mol. The number of aliphatic hydroxyl groups is 1. The number of hydrogen-bond acceptors (Lipinski definition) is 9. The van der Waals surface area contributed by atoms with Crippen molar-refractivity contribution < 1.29 is 42.5 Å². The van der Waals surface area contributed by atoms with Crippen molar-refractivity contribution in [2.75, 3.05) is 33.5 Å². The van der Waals surface area contributed by atoms with Crippen molar-refractivity contribution in [1.29, 1.82) is 0 Å². The van der Waals surface area contributed by atoms with E-state index in [2.05, 4.69) is 0 Å². The maximum absolute atomic E-state index is 12.7. The molecular weight excluding hydrogens is 429 g/mol. The molecular formula is C20H34NO9P. The normalized spacial score (nSPS) is 24.7. The Hall–Kier alpha value is -1.39. The van der Waals surface area contributed by atoms with E-state index >= 15 is 0 Å². The fourth-order valence-electron chi connectivity index (χ4n) is 2.82. The summed E-state index contributed by atoms with van der Waals surface area (Å²) in [6.07, 6.45) is -1.37. The minimum atomic E-state index is -3.51. The standard InChI is InChI=1S/C20H34NO9P/c1-7-28-31(25,29-8-2)12-9-17-18(24)19(27-11-10-26-6)20(30-17)21(16(5)23)13-14(3)15(4)22/h9,12-13,17-20,24H,7-8,10-11H2,1-6H3/b12-9+,14-13-/t17-,18-,19-,20-/m1/s1. The number of carbonyl (C=O) groups excluding carboxylic acids is 2. The summed E-state index contributed by atoms with van der Waals surface area (Å²) in [5, 5.41) is 10.8. The summed E-state index contributed by atoms with van der Waals surface area (Å²) in [6.45, 7) is 8.40. The van der Waals surface area contributed by atoms with Crippen molar-refractivity contribution in [1.82, 2.24) is 4.90 Å². The number of ether oxygens (including phenoxy) is 3. The second-order valence-electron chi connectivity index (χ2n) is 6.82. The van der Waals surface area contributed by atoms with Crippen LogP contribution in [0.3, 0.4) is 0 Å². The predicted molar refractivity (Wildman–Crippen MR) is 113 cm³/mol. The fourth-order valence-corrected chi connectivity index (χ4v) is 4.17. The lowest BCUT2D eigenvalue weighted by Gasteiger charge is -2.29. The van der Waals surface area contributed by atoms with Gasteiger partial charge in [0, 0.05) is 31.6 Å². The molecule has 1 amide bonds. The average Bonchev–Trinajstić information content (AvgIpc) is 3.00. The molecule has 1 aliphatic rings. The van der Waals surface area contributed by atoms with Gasteiger partial charge >= 0.3 is 7.60 Å². The summed E-state index contributed by atoms with van der Waals surface area (Å²) >= 11 is 0. The van der Waals surface area contributed by atoms with E-state index in [9.17, 15) is 19.3 Å². The molecule has 1 rings (SSSR count). The number of carbonyl (C=O) groups is 2. The van der Waals surface area contributed by atoms with Gasteiger partial charge in [-0.05, 0) is 33.8 Å². The van der Waals surface area contributed by atoms with Crippen LogP contribution in [-0.4, -0.2) is 79.8 Å². The van der Waals surface area contributed by atoms with Gasteiger partial charge in [0.2, 0.25) is 5.91 Å². The third kappa shape index (κ3) is 8.23. The first kappa shape index (κ1) is 27.6. The van der Waals surface area contributed by atoms with Gasteiger partial charge in [-0.3, -0.25) is 19.1 Å². The van der Waals surface area contributed by atoms with E-state index in [1.807, 2.05) is 0 Å². The van der Waals surface area contributed by atoms with Crippen molar-refractivity contribution >= 4 is 19.3 Å². The third-order valence-electron chi connectivity index (χ3n) is 4.45. The van der Waals surface area contributed by atoms with Crippen LogP contribution in [0.2, 0.25) is 0 Å². The largest absolute Gasteiger partial charge is 0.387 e. The molecule has 0 saturated carbocycles. The molecule has 11 heteroatoms. The number of methoxy groups -OCH3 is 1. The highest BCUT2D eigenvalue weighted by Gasteiger charge is 2.47. The van der Waals surface area contributed by atoms with Crippen LogP contribution in [0.5, 0.6) is 0 Å². The number of ketones is 1. The second kappa shape index (κ2) is 13.2. The van der Waals surface area contributed by atoms with Crippen LogP contribution in [0.15, 0.2) is 23.7 Å². The fraction of sp³-hybridized carbons (Fsp3) is 0.700. The van der Waals surface area contributed by atoms with E-state index in [0.29, 0.717) is 5.57 Å². The molecule has 1 saturated heterocycles. The van der Waals surface area contributed by atoms with E-state index in [0.717, 1.165) is 0 Å². The maximum atomic E-state index is 12.7. The molecule has 0 bridgehead atoms. The van der Waals surface area contributed by atoms with E-state index in [4.69, 9.17) is 23.3 Å². The van der Waals surface area contributed by atoms with Crippen molar-refractivity contribution in [3.05, 3.63) is 23.7 Å². The smallest absolute Gasteiger partial charge is 0.353 e. The van der Waals surface area contributed by atoms with E-state index in [1.54, 1.807) is 20.8 Å². The highest BCUT2D eigenvalue weighted by molar-refractivity contribution is 7.57. The Bertz CT molecular complexity index is 699. The lowest BCUT2D eigenvalue weighted by molar-refractivity contribution is -0.145. The molecule has 0 aromatic carbocycles. The highest BCUT2D eigenvalue weighted by Crippen LogP contribution is 2.50. The summed E-state index contributed by atoms with van der Waals surface area (Å²) in [6, 6.07) is 0. The van der Waals surface area contributed by atoms with Crippen LogP contribution in [0, 0.1) is 0 Å². The number of hydrogen-bond donors (Lipinski definition) is 1. The van der Waals surface area contributed by atoms with Crippen LogP contribution in [0.4, 0.5) is 0 Å². The van der Waals surface area contributed by atoms with E-state index in [1.165, 1.54) is 44.0 Å². The Morgan fingerprint density at radius 2 is 1.74 bits per heavy atom. The van der Waals surface area contributed by atoms with Gasteiger partial charge in [-0.1, -0.05) is 0 Å². The van der Waals surface area contributed by atoms with Crippen LogP contribution >= 0.6 is 7.60 Å². The lowest BCUT2D eigenvalue weighted by atomic mass is 10.1. The van der Waals surface area contributed by atoms with Crippen LogP contribution in [0.25, 0.3) is 0 Å². The maximum Gasteiger partial charge on any atom is 0.353 e. The van der Waals surface area contributed by atoms with Gasteiger partial charge in [0.25, 0.3) is 0 Å². The van der Waals surface area contributed by atoms with Gasteiger partial charge in [0.15, 0.2) is 12.0 Å². The summed E-state index contributed by atoms with van der Waals surface area (Å²) < 4.78 is 39.7. The first-order valence-electron chi connectivity index (χ1n) is 10.1. The second-order valence-corrected chi connectivity index (χ2v) is 8.72. The van der Waals surface area contributed by atoms with E-state index in [-0.39, 0.29) is 32.2 Å². The minimum absolute atomic E-state index is 0.145. The first-order valence-corrected chi connectivity index (χ1v) is 11.7. The summed E-state index contributed by atoms with van der Waals surface area (Å²) in [5.74, 6) is 0.613. The predicted octanol–water partition coefficient (Wildman–Crippen LogP) is 2.22. The van der Waals surface area contributed by atoms with Gasteiger partial charge in [-0.2, -0.15) is 0 Å². The molecule has 178 valence electrons. The molecule has 0 spiro atoms. The van der Waals surface area contributed by atoms with Crippen molar-refractivity contribution in [2.45, 2.75) is 59.2 Å². The van der Waals surface area contributed by atoms with Gasteiger partial charge in [0.1, 0.15) is 18.3 Å². The van der Waals surface area contributed by atoms with Crippen molar-refractivity contribution in [2.24, 2.45) is 0 Å². The molecule has 0 radical (unpaired) electrons. The van der Waals surface area contributed by atoms with Gasteiger partial charge in [-0.25, -0.2) is 0 Å². The number of aliphatic hydroxyl groups excluding tert-OH is 1. The number of nitrogens with zero attached hydrogens (tertiary/aromatic N) is 1. The third-order valence-corrected chi connectivity index (χ3v) is 6.22. The topological polar surface area (TPSA) is 121 Å². The van der Waals surface area contributed by atoms with Gasteiger partial charge in [-0.15, -0.1) is 0 Å². The van der Waals surface area contributed by atoms with Crippen LogP contribution in [-0.2, 0) is 37.4 Å². The number of allylic oxidation sites excluding steroid dienone is 1. The zero-order valence-corrected chi connectivity index (χ0v) is 19.9. The molecule has 0 aromatic heterocycles. The molecule has 4 atom stereocenters. The Kier molecular flexibility index (Phi) is 11.8. The first-order chi connectivity index (χ1) is 14.6. The SMILES string of the molecule is CCOP(=O)(/C=C/[C@H]1O[C@@H](N(/C=C(/C)C(C)=O)C(C)=O)[C@H](OCCOC)[C@@H]1O)OCC. The molecule has 1 aliphatic heterocycles. The Morgan fingerprint density at radius 1 is 1.13 bits per heavy atom. The van der Waals surface area contributed by atoms with E-state index < -0.39 is 38.0 Å². The zero-order chi connectivity index (χ0) is 23.6. The van der Waals surface area contributed by atoms with Crippen molar-refractivity contribution in [3.63, 3.8) is 0 Å². The van der Waals surface area contributed by atoms with Crippen molar-refractivity contribution in [3.8, 4) is 0 Å². The molecule has 0 aliphatic carbocycles. The molecule has 1 heterocycles. The molecule has 1 fully saturated rings. The summed E-state index contributed by atoms with van der Waals surface area (Å²) in [5.41, 5.74) is 0.333. The zero-order valence-electron chi connectivity index (χ0n) is 19.0. The summed E-state index contributed by atoms with van der Waals surface area (Å²) in [7, 11) is -2.00. The molecule has 0 aromatic rings. The van der Waals surface area contributed by atoms with Gasteiger partial charge in [0.05, 0.1) is 26.4 Å². The Labute approximate surface area is 183 Å². The van der Waals surface area contributed by atoms with Crippen LogP contribution in [0.1, 0.15) is 34.6 Å². The lowest BCUT2D eigenvalue weighted by Crippen LogP contribution is -2.45. The number of rotatable bonds is 13. The quantitative estimate of drug-likeness (QED) is 0.249. The number of amides is 1. The molecule has 10 nitrogen and oxygen atoms in total. The van der Waals surface area contributed by atoms with Crippen LogP contribution < -0.4 is 0 Å².